The Balaban J connectivity index is 2.13. The van der Waals surface area contributed by atoms with E-state index in [0.29, 0.717) is 6.54 Å². The predicted molar refractivity (Wildman–Crippen MR) is 77.2 cm³/mol. The zero-order chi connectivity index (χ0) is 13.2. The molecule has 1 heterocycles. The summed E-state index contributed by atoms with van der Waals surface area (Å²) in [7, 11) is -3.45. The average Bonchev–Trinajstić information content (AvgIpc) is 2.73. The number of halogens is 1. The van der Waals surface area contributed by atoms with E-state index >= 15 is 0 Å². The highest BCUT2D eigenvalue weighted by molar-refractivity contribution is 9.10. The lowest BCUT2D eigenvalue weighted by atomic mass is 10.4. The van der Waals surface area contributed by atoms with E-state index in [9.17, 15) is 8.42 Å². The molecule has 3 nitrogen and oxygen atoms in total. The largest absolute Gasteiger partial charge is 0.240 e. The minimum Gasteiger partial charge on any atom is -0.207 e. The highest BCUT2D eigenvalue weighted by atomic mass is 79.9. The first kappa shape index (κ1) is 13.7. The van der Waals surface area contributed by atoms with Crippen molar-refractivity contribution >= 4 is 37.3 Å². The Bertz CT molecular complexity index is 650. The van der Waals surface area contributed by atoms with Crippen LogP contribution in [0.25, 0.3) is 0 Å². The Labute approximate surface area is 119 Å². The second-order valence-corrected chi connectivity index (χ2v) is 7.85. The number of aryl methyl sites for hydroxylation is 1. The van der Waals surface area contributed by atoms with Gasteiger partial charge >= 0.3 is 0 Å². The summed E-state index contributed by atoms with van der Waals surface area (Å²) in [6.45, 7) is 2.32. The van der Waals surface area contributed by atoms with Crippen LogP contribution in [0.4, 0.5) is 0 Å². The highest BCUT2D eigenvalue weighted by Crippen LogP contribution is 2.18. The molecule has 0 fully saturated rings. The van der Waals surface area contributed by atoms with E-state index in [2.05, 4.69) is 20.7 Å². The summed E-state index contributed by atoms with van der Waals surface area (Å²) >= 11 is 4.85. The van der Waals surface area contributed by atoms with Crippen molar-refractivity contribution in [2.45, 2.75) is 18.4 Å². The number of thiophene rings is 1. The minimum absolute atomic E-state index is 0.269. The molecule has 96 valence electrons. The zero-order valence-corrected chi connectivity index (χ0v) is 12.9. The molecule has 0 atom stereocenters. The van der Waals surface area contributed by atoms with E-state index < -0.39 is 10.0 Å². The maximum absolute atomic E-state index is 12.0. The van der Waals surface area contributed by atoms with Crippen molar-refractivity contribution in [2.75, 3.05) is 0 Å². The fourth-order valence-electron chi connectivity index (χ4n) is 1.46. The second-order valence-electron chi connectivity index (χ2n) is 3.79. The van der Waals surface area contributed by atoms with Crippen molar-refractivity contribution in [1.29, 1.82) is 0 Å². The molecule has 2 rings (SSSR count). The van der Waals surface area contributed by atoms with Gasteiger partial charge in [-0.1, -0.05) is 22.0 Å². The molecule has 0 bridgehead atoms. The average molecular weight is 346 g/mol. The molecule has 2 aromatic rings. The highest BCUT2D eigenvalue weighted by Gasteiger charge is 2.14. The molecule has 0 unspecified atom stereocenters. The van der Waals surface area contributed by atoms with Crippen LogP contribution >= 0.6 is 27.3 Å². The molecule has 0 amide bonds. The van der Waals surface area contributed by atoms with Gasteiger partial charge in [-0.25, -0.2) is 13.1 Å². The van der Waals surface area contributed by atoms with Gasteiger partial charge in [-0.2, -0.15) is 0 Å². The lowest BCUT2D eigenvalue weighted by Gasteiger charge is -2.05. The lowest BCUT2D eigenvalue weighted by Crippen LogP contribution is -2.22. The molecule has 1 aromatic carbocycles. The summed E-state index contributed by atoms with van der Waals surface area (Å²) in [5.41, 5.74) is 0. The van der Waals surface area contributed by atoms with Gasteiger partial charge in [-0.05, 0) is 37.3 Å². The molecule has 0 spiro atoms. The van der Waals surface area contributed by atoms with Gasteiger partial charge in [-0.3, -0.25) is 0 Å². The van der Waals surface area contributed by atoms with Crippen LogP contribution in [-0.2, 0) is 16.6 Å². The SMILES string of the molecule is Cc1ccc(CNS(=O)(=O)c2cccc(Br)c2)s1. The van der Waals surface area contributed by atoms with E-state index in [1.165, 1.54) is 4.88 Å². The van der Waals surface area contributed by atoms with Crippen molar-refractivity contribution in [3.05, 3.63) is 50.6 Å². The van der Waals surface area contributed by atoms with Crippen LogP contribution in [0.3, 0.4) is 0 Å². The van der Waals surface area contributed by atoms with Gasteiger partial charge in [0.05, 0.1) is 4.90 Å². The Kier molecular flexibility index (Phi) is 4.21. The Hall–Kier alpha value is -0.690. The molecule has 6 heteroatoms. The Morgan fingerprint density at radius 2 is 2.06 bits per heavy atom. The minimum atomic E-state index is -3.45. The normalized spacial score (nSPS) is 11.7. The van der Waals surface area contributed by atoms with Gasteiger partial charge in [0.25, 0.3) is 0 Å². The number of nitrogens with one attached hydrogen (secondary N) is 1. The van der Waals surface area contributed by atoms with Gasteiger partial charge in [0.2, 0.25) is 10.0 Å². The van der Waals surface area contributed by atoms with Gasteiger partial charge in [0, 0.05) is 20.8 Å². The topological polar surface area (TPSA) is 46.2 Å². The van der Waals surface area contributed by atoms with Crippen molar-refractivity contribution in [3.8, 4) is 0 Å². The molecule has 0 aliphatic carbocycles. The van der Waals surface area contributed by atoms with Crippen LogP contribution in [0.2, 0.25) is 0 Å². The summed E-state index contributed by atoms with van der Waals surface area (Å²) in [4.78, 5) is 2.45. The lowest BCUT2D eigenvalue weighted by molar-refractivity contribution is 0.582. The second kappa shape index (κ2) is 5.52. The van der Waals surface area contributed by atoms with Gasteiger partial charge in [0.15, 0.2) is 0 Å². The molecule has 18 heavy (non-hydrogen) atoms. The quantitative estimate of drug-likeness (QED) is 0.923. The van der Waals surface area contributed by atoms with Crippen molar-refractivity contribution in [1.82, 2.24) is 4.72 Å². The first-order valence-electron chi connectivity index (χ1n) is 5.28. The molecule has 0 saturated carbocycles. The predicted octanol–water partition coefficient (Wildman–Crippen LogP) is 3.30. The molecule has 1 aromatic heterocycles. The smallest absolute Gasteiger partial charge is 0.207 e. The maximum atomic E-state index is 12.0. The van der Waals surface area contributed by atoms with E-state index in [0.717, 1.165) is 9.35 Å². The maximum Gasteiger partial charge on any atom is 0.240 e. The molecule has 0 aliphatic rings. The molecule has 0 radical (unpaired) electrons. The number of sulfonamides is 1. The molecule has 1 N–H and O–H groups in total. The monoisotopic (exact) mass is 345 g/mol. The first-order valence-corrected chi connectivity index (χ1v) is 8.37. The summed E-state index contributed by atoms with van der Waals surface area (Å²) in [6.07, 6.45) is 0. The standard InChI is InChI=1S/C12H12BrNO2S2/c1-9-5-6-11(17-9)8-14-18(15,16)12-4-2-3-10(13)7-12/h2-7,14H,8H2,1H3. The van der Waals surface area contributed by atoms with Gasteiger partial charge in [0.1, 0.15) is 0 Å². The third-order valence-corrected chi connectivity index (χ3v) is 5.23. The Morgan fingerprint density at radius 1 is 1.28 bits per heavy atom. The fourth-order valence-corrected chi connectivity index (χ4v) is 3.99. The first-order chi connectivity index (χ1) is 8.47. The van der Waals surface area contributed by atoms with Gasteiger partial charge < -0.3 is 0 Å². The van der Waals surface area contributed by atoms with E-state index in [4.69, 9.17) is 0 Å². The summed E-state index contributed by atoms with van der Waals surface area (Å²) < 4.78 is 27.4. The third kappa shape index (κ3) is 3.41. The van der Waals surface area contributed by atoms with Crippen LogP contribution in [0.15, 0.2) is 45.8 Å². The summed E-state index contributed by atoms with van der Waals surface area (Å²) in [5.74, 6) is 0. The van der Waals surface area contributed by atoms with Crippen LogP contribution in [0.5, 0.6) is 0 Å². The number of rotatable bonds is 4. The molecule has 0 saturated heterocycles. The summed E-state index contributed by atoms with van der Waals surface area (Å²) in [5, 5.41) is 0. The van der Waals surface area contributed by atoms with E-state index in [-0.39, 0.29) is 4.90 Å². The number of hydrogen-bond donors (Lipinski definition) is 1. The van der Waals surface area contributed by atoms with Crippen LogP contribution in [0.1, 0.15) is 9.75 Å². The zero-order valence-electron chi connectivity index (χ0n) is 9.68. The molecular formula is C12H12BrNO2S2. The molecular weight excluding hydrogens is 334 g/mol. The van der Waals surface area contributed by atoms with Crippen molar-refractivity contribution in [3.63, 3.8) is 0 Å². The van der Waals surface area contributed by atoms with E-state index in [1.54, 1.807) is 35.6 Å². The van der Waals surface area contributed by atoms with Crippen molar-refractivity contribution < 1.29 is 8.42 Å². The van der Waals surface area contributed by atoms with Gasteiger partial charge in [-0.15, -0.1) is 11.3 Å². The Morgan fingerprint density at radius 3 is 2.67 bits per heavy atom. The number of hydrogen-bond acceptors (Lipinski definition) is 3. The summed E-state index contributed by atoms with van der Waals surface area (Å²) in [6, 6.07) is 10.6. The van der Waals surface area contributed by atoms with Crippen LogP contribution < -0.4 is 4.72 Å². The van der Waals surface area contributed by atoms with Crippen LogP contribution in [0, 0.1) is 6.92 Å². The van der Waals surface area contributed by atoms with Crippen LogP contribution in [-0.4, -0.2) is 8.42 Å². The third-order valence-electron chi connectivity index (χ3n) is 2.34. The molecule has 0 aliphatic heterocycles. The number of benzene rings is 1. The van der Waals surface area contributed by atoms with Crippen molar-refractivity contribution in [2.24, 2.45) is 0 Å². The fraction of sp³-hybridized carbons (Fsp3) is 0.167. The van der Waals surface area contributed by atoms with E-state index in [1.807, 2.05) is 19.1 Å².